The molecule has 128 valence electrons. The van der Waals surface area contributed by atoms with Gasteiger partial charge in [0.2, 0.25) is 5.91 Å². The summed E-state index contributed by atoms with van der Waals surface area (Å²) in [6, 6.07) is 20.4. The maximum atomic E-state index is 12.5. The first kappa shape index (κ1) is 17.4. The molecule has 0 bridgehead atoms. The minimum absolute atomic E-state index is 0.0184. The molecule has 0 saturated heterocycles. The molecule has 25 heavy (non-hydrogen) atoms. The van der Waals surface area contributed by atoms with E-state index in [2.05, 4.69) is 34.2 Å². The van der Waals surface area contributed by atoms with Crippen molar-refractivity contribution in [2.24, 2.45) is 0 Å². The summed E-state index contributed by atoms with van der Waals surface area (Å²) >= 11 is 1.69. The van der Waals surface area contributed by atoms with Crippen LogP contribution in [0.15, 0.2) is 66.0 Å². The molecule has 3 aromatic rings. The van der Waals surface area contributed by atoms with E-state index < -0.39 is 0 Å². The van der Waals surface area contributed by atoms with Gasteiger partial charge in [0.15, 0.2) is 0 Å². The van der Waals surface area contributed by atoms with Crippen LogP contribution in [0.25, 0.3) is 0 Å². The number of aryl methyl sites for hydroxylation is 2. The third kappa shape index (κ3) is 4.35. The number of amides is 1. The highest BCUT2D eigenvalue weighted by atomic mass is 32.1. The lowest BCUT2D eigenvalue weighted by molar-refractivity contribution is -0.115. The Kier molecular flexibility index (Phi) is 5.64. The number of hydrogen-bond acceptors (Lipinski definition) is 3. The summed E-state index contributed by atoms with van der Waals surface area (Å²) in [5, 5.41) is 8.49. The number of thiophene rings is 1. The average Bonchev–Trinajstić information content (AvgIpc) is 3.14. The molecule has 0 aliphatic heterocycles. The molecule has 3 rings (SSSR count). The van der Waals surface area contributed by atoms with Crippen LogP contribution >= 0.6 is 11.3 Å². The molecule has 0 aliphatic carbocycles. The fourth-order valence-electron chi connectivity index (χ4n) is 2.87. The molecule has 3 nitrogen and oxygen atoms in total. The van der Waals surface area contributed by atoms with E-state index in [-0.39, 0.29) is 18.5 Å². The maximum Gasteiger partial charge on any atom is 0.238 e. The molecule has 0 aliphatic rings. The summed E-state index contributed by atoms with van der Waals surface area (Å²) in [5.74, 6) is -0.0325. The Morgan fingerprint density at radius 2 is 1.68 bits per heavy atom. The highest BCUT2D eigenvalue weighted by Gasteiger charge is 2.16. The number of hydrogen-bond donors (Lipinski definition) is 2. The normalized spacial score (nSPS) is 11.9. The molecule has 1 atom stereocenters. The summed E-state index contributed by atoms with van der Waals surface area (Å²) < 4.78 is 0. The van der Waals surface area contributed by atoms with Gasteiger partial charge in [-0.15, -0.1) is 11.3 Å². The van der Waals surface area contributed by atoms with Crippen LogP contribution in [0.4, 0.5) is 5.69 Å². The smallest absolute Gasteiger partial charge is 0.238 e. The molecule has 0 saturated carbocycles. The lowest BCUT2D eigenvalue weighted by atomic mass is 10.1. The third-order valence-corrected chi connectivity index (χ3v) is 5.11. The van der Waals surface area contributed by atoms with Gasteiger partial charge in [0.05, 0.1) is 12.6 Å². The molecule has 2 N–H and O–H groups in total. The molecule has 0 spiro atoms. The summed E-state index contributed by atoms with van der Waals surface area (Å²) in [6.45, 7) is 4.27. The van der Waals surface area contributed by atoms with Crippen molar-refractivity contribution in [1.82, 2.24) is 5.32 Å². The first-order valence-corrected chi connectivity index (χ1v) is 9.21. The van der Waals surface area contributed by atoms with Crippen molar-refractivity contribution in [2.75, 3.05) is 11.9 Å². The van der Waals surface area contributed by atoms with Crippen molar-refractivity contribution in [3.63, 3.8) is 0 Å². The fourth-order valence-corrected chi connectivity index (χ4v) is 3.70. The third-order valence-electron chi connectivity index (χ3n) is 4.17. The van der Waals surface area contributed by atoms with Gasteiger partial charge < -0.3 is 5.32 Å². The monoisotopic (exact) mass is 350 g/mol. The zero-order valence-electron chi connectivity index (χ0n) is 14.5. The largest absolute Gasteiger partial charge is 0.324 e. The number of carbonyl (C=O) groups excluding carboxylic acids is 1. The number of carbonyl (C=O) groups is 1. The molecular formula is C21H22N2OS. The average molecular weight is 350 g/mol. The predicted molar refractivity (Wildman–Crippen MR) is 105 cm³/mol. The molecule has 0 unspecified atom stereocenters. The predicted octanol–water partition coefficient (Wildman–Crippen LogP) is 4.68. The van der Waals surface area contributed by atoms with E-state index >= 15 is 0 Å². The molecule has 0 radical (unpaired) electrons. The van der Waals surface area contributed by atoms with Gasteiger partial charge in [-0.05, 0) is 42.0 Å². The molecule has 1 heterocycles. The lowest BCUT2D eigenvalue weighted by Crippen LogP contribution is -2.31. The first-order valence-electron chi connectivity index (χ1n) is 8.33. The van der Waals surface area contributed by atoms with E-state index in [4.69, 9.17) is 0 Å². The summed E-state index contributed by atoms with van der Waals surface area (Å²) in [5.41, 5.74) is 4.21. The van der Waals surface area contributed by atoms with Crippen LogP contribution in [0.2, 0.25) is 0 Å². The van der Waals surface area contributed by atoms with Gasteiger partial charge in [-0.2, -0.15) is 0 Å². The van der Waals surface area contributed by atoms with Gasteiger partial charge in [0.1, 0.15) is 0 Å². The van der Waals surface area contributed by atoms with Gasteiger partial charge in [-0.1, -0.05) is 54.6 Å². The van der Waals surface area contributed by atoms with E-state index in [1.807, 2.05) is 56.3 Å². The second kappa shape index (κ2) is 8.10. The van der Waals surface area contributed by atoms with E-state index in [9.17, 15) is 4.79 Å². The molecule has 1 aromatic heterocycles. The second-order valence-corrected chi connectivity index (χ2v) is 7.03. The Morgan fingerprint density at radius 3 is 2.32 bits per heavy atom. The summed E-state index contributed by atoms with van der Waals surface area (Å²) in [4.78, 5) is 13.7. The van der Waals surface area contributed by atoms with Crippen molar-refractivity contribution in [3.8, 4) is 0 Å². The highest BCUT2D eigenvalue weighted by molar-refractivity contribution is 7.10. The zero-order chi connectivity index (χ0) is 17.6. The van der Waals surface area contributed by atoms with Gasteiger partial charge >= 0.3 is 0 Å². The summed E-state index contributed by atoms with van der Waals surface area (Å²) in [6.07, 6.45) is 0. The molecule has 0 fully saturated rings. The standard InChI is InChI=1S/C21H22N2OS/c1-15-8-6-9-16(2)20(15)23-19(24)14-22-21(18-12-7-13-25-18)17-10-4-3-5-11-17/h3-13,21-22H,14H2,1-2H3,(H,23,24)/t21-/m1/s1. The topological polar surface area (TPSA) is 41.1 Å². The Balaban J connectivity index is 1.70. The Bertz CT molecular complexity index is 808. The van der Waals surface area contributed by atoms with Crippen LogP contribution < -0.4 is 10.6 Å². The van der Waals surface area contributed by atoms with E-state index in [1.165, 1.54) is 4.88 Å². The Morgan fingerprint density at radius 1 is 0.960 bits per heavy atom. The Hall–Kier alpha value is -2.43. The maximum absolute atomic E-state index is 12.5. The van der Waals surface area contributed by atoms with Crippen LogP contribution in [-0.2, 0) is 4.79 Å². The van der Waals surface area contributed by atoms with E-state index in [0.717, 1.165) is 22.4 Å². The van der Waals surface area contributed by atoms with Crippen molar-refractivity contribution in [1.29, 1.82) is 0 Å². The zero-order valence-corrected chi connectivity index (χ0v) is 15.3. The lowest BCUT2D eigenvalue weighted by Gasteiger charge is -2.18. The molecule has 2 aromatic carbocycles. The van der Waals surface area contributed by atoms with Crippen molar-refractivity contribution in [2.45, 2.75) is 19.9 Å². The van der Waals surface area contributed by atoms with E-state index in [1.54, 1.807) is 11.3 Å². The van der Waals surface area contributed by atoms with Crippen molar-refractivity contribution in [3.05, 3.63) is 87.6 Å². The first-order chi connectivity index (χ1) is 12.1. The highest BCUT2D eigenvalue weighted by Crippen LogP contribution is 2.26. The quantitative estimate of drug-likeness (QED) is 0.677. The van der Waals surface area contributed by atoms with E-state index in [0.29, 0.717) is 0 Å². The number of benzene rings is 2. The van der Waals surface area contributed by atoms with Gasteiger partial charge in [0, 0.05) is 10.6 Å². The second-order valence-electron chi connectivity index (χ2n) is 6.06. The number of para-hydroxylation sites is 1. The van der Waals surface area contributed by atoms with Crippen LogP contribution in [0.5, 0.6) is 0 Å². The van der Waals surface area contributed by atoms with Gasteiger partial charge in [-0.3, -0.25) is 10.1 Å². The summed E-state index contributed by atoms with van der Waals surface area (Å²) in [7, 11) is 0. The van der Waals surface area contributed by atoms with Crippen LogP contribution in [0.1, 0.15) is 27.6 Å². The SMILES string of the molecule is Cc1cccc(C)c1NC(=O)CN[C@H](c1ccccc1)c1cccs1. The molecule has 4 heteroatoms. The van der Waals surface area contributed by atoms with Crippen molar-refractivity contribution >= 4 is 22.9 Å². The van der Waals surface area contributed by atoms with Gasteiger partial charge in [-0.25, -0.2) is 0 Å². The number of nitrogens with one attached hydrogen (secondary N) is 2. The Labute approximate surface area is 152 Å². The minimum Gasteiger partial charge on any atom is -0.324 e. The molecular weight excluding hydrogens is 328 g/mol. The van der Waals surface area contributed by atoms with Crippen LogP contribution in [-0.4, -0.2) is 12.5 Å². The number of anilines is 1. The molecule has 1 amide bonds. The van der Waals surface area contributed by atoms with Crippen LogP contribution in [0.3, 0.4) is 0 Å². The van der Waals surface area contributed by atoms with Crippen molar-refractivity contribution < 1.29 is 4.79 Å². The fraction of sp³-hybridized carbons (Fsp3) is 0.190. The van der Waals surface area contributed by atoms with Gasteiger partial charge in [0.25, 0.3) is 0 Å². The number of rotatable bonds is 6. The minimum atomic E-state index is -0.0325. The van der Waals surface area contributed by atoms with Crippen LogP contribution in [0, 0.1) is 13.8 Å².